The highest BCUT2D eigenvalue weighted by Gasteiger charge is 2.24. The average Bonchev–Trinajstić information content (AvgIpc) is 2.79. The third-order valence-electron chi connectivity index (χ3n) is 4.78. The van der Waals surface area contributed by atoms with E-state index in [1.165, 1.54) is 5.01 Å². The van der Waals surface area contributed by atoms with Crippen LogP contribution in [-0.4, -0.2) is 64.3 Å². The zero-order chi connectivity index (χ0) is 26.4. The smallest absolute Gasteiger partial charge is 0.243 e. The van der Waals surface area contributed by atoms with Crippen LogP contribution in [0.3, 0.4) is 0 Å². The molecule has 1 unspecified atom stereocenters. The minimum atomic E-state index is -0.791. The number of rotatable bonds is 15. The number of H-pyrrole nitrogens is 1. The highest BCUT2D eigenvalue weighted by molar-refractivity contribution is 7.71. The number of primary amides is 1. The summed E-state index contributed by atoms with van der Waals surface area (Å²) in [5.74, 6) is 3.77. The first-order valence-corrected chi connectivity index (χ1v) is 11.6. The van der Waals surface area contributed by atoms with Crippen molar-refractivity contribution in [2.24, 2.45) is 23.2 Å². The van der Waals surface area contributed by atoms with Crippen LogP contribution in [0.4, 0.5) is 0 Å². The van der Waals surface area contributed by atoms with Gasteiger partial charge in [0.05, 0.1) is 18.8 Å². The van der Waals surface area contributed by atoms with Crippen molar-refractivity contribution in [3.05, 3.63) is 28.9 Å². The van der Waals surface area contributed by atoms with Crippen LogP contribution in [0.25, 0.3) is 5.70 Å². The molecule has 1 aromatic rings. The largest absolute Gasteiger partial charge is 0.397 e. The Balaban J connectivity index is 2.35. The number of aromatic amines is 1. The number of nitrogens with two attached hydrogens (primary N) is 3. The van der Waals surface area contributed by atoms with E-state index < -0.39 is 23.8 Å². The Labute approximate surface area is 209 Å². The van der Waals surface area contributed by atoms with E-state index in [-0.39, 0.29) is 31.3 Å². The highest BCUT2D eigenvalue weighted by atomic mass is 32.1. The molecule has 0 aliphatic carbocycles. The van der Waals surface area contributed by atoms with Gasteiger partial charge in [0, 0.05) is 37.1 Å². The molecule has 10 N–H and O–H groups in total. The van der Waals surface area contributed by atoms with Crippen LogP contribution in [0.5, 0.6) is 0 Å². The number of carbonyl (C=O) groups is 4. The van der Waals surface area contributed by atoms with Gasteiger partial charge < -0.3 is 37.4 Å². The summed E-state index contributed by atoms with van der Waals surface area (Å²) in [6, 6.07) is -0.791. The number of aromatic nitrogens is 2. The summed E-state index contributed by atoms with van der Waals surface area (Å²) in [5.41, 5.74) is 12.0. The first-order valence-electron chi connectivity index (χ1n) is 11.2. The van der Waals surface area contributed by atoms with Crippen LogP contribution in [-0.2, 0) is 19.2 Å². The molecule has 4 amide bonds. The van der Waals surface area contributed by atoms with E-state index in [2.05, 4.69) is 25.9 Å². The quantitative estimate of drug-likeness (QED) is 0.0666. The molecule has 0 radical (unpaired) electrons. The fourth-order valence-corrected chi connectivity index (χ4v) is 2.99. The molecule has 1 aromatic heterocycles. The van der Waals surface area contributed by atoms with E-state index >= 15 is 0 Å². The van der Waals surface area contributed by atoms with Crippen molar-refractivity contribution in [2.75, 3.05) is 19.6 Å². The van der Waals surface area contributed by atoms with E-state index in [1.807, 2.05) is 0 Å². The van der Waals surface area contributed by atoms with Gasteiger partial charge in [-0.3, -0.25) is 19.2 Å². The third kappa shape index (κ3) is 12.5. The first kappa shape index (κ1) is 29.5. The van der Waals surface area contributed by atoms with Gasteiger partial charge in [-0.2, -0.15) is 0 Å². The first-order chi connectivity index (χ1) is 16.5. The van der Waals surface area contributed by atoms with Gasteiger partial charge in [0.25, 0.3) is 0 Å². The Bertz CT molecular complexity index is 944. The maximum atomic E-state index is 12.4. The number of hydrogen-bond donors (Lipinski definition) is 7. The second-order valence-corrected chi connectivity index (χ2v) is 8.58. The molecule has 35 heavy (non-hydrogen) atoms. The fraction of sp³-hybridized carbons (Fsp3) is 0.524. The molecule has 0 aliphatic heterocycles. The predicted molar refractivity (Wildman–Crippen MR) is 133 cm³/mol. The molecular formula is C21H35N9O4S. The number of hydrogen-bond acceptors (Lipinski definition) is 9. The van der Waals surface area contributed by atoms with Gasteiger partial charge in [-0.25, -0.2) is 10.8 Å². The molecule has 0 saturated carbocycles. The van der Waals surface area contributed by atoms with Crippen molar-refractivity contribution >= 4 is 41.5 Å². The second kappa shape index (κ2) is 15.4. The molecule has 0 spiro atoms. The standard InChI is InChI=1S/C21H35N9O4S/c1-13(2)19(20(34)26-11-18(33)25-10-16(23)31)29-17(32)6-4-3-5-7-30(24)12-15(22)14-8-27-21(35)28-9-14/h8-9,12-13,19H,3-7,10-11,22,24H2,1-2H3,(H2,23,31)(H,25,33)(H,26,34)(H,29,32)(H,27,28,35)/b15-12-. The van der Waals surface area contributed by atoms with Crippen LogP contribution in [0, 0.1) is 10.7 Å². The summed E-state index contributed by atoms with van der Waals surface area (Å²) >= 11 is 4.89. The van der Waals surface area contributed by atoms with Crippen LogP contribution < -0.4 is 33.3 Å². The van der Waals surface area contributed by atoms with Crippen LogP contribution in [0.2, 0.25) is 0 Å². The number of unbranched alkanes of at least 4 members (excludes halogenated alkanes) is 2. The second-order valence-electron chi connectivity index (χ2n) is 8.19. The molecule has 1 rings (SSSR count). The van der Waals surface area contributed by atoms with Gasteiger partial charge in [-0.05, 0) is 31.0 Å². The average molecular weight is 510 g/mol. The Hall–Kier alpha value is -3.52. The zero-order valence-corrected chi connectivity index (χ0v) is 20.8. The summed E-state index contributed by atoms with van der Waals surface area (Å²) < 4.78 is 0.361. The van der Waals surface area contributed by atoms with Gasteiger partial charge in [0.1, 0.15) is 6.04 Å². The summed E-state index contributed by atoms with van der Waals surface area (Å²) in [4.78, 5) is 53.7. The van der Waals surface area contributed by atoms with Crippen molar-refractivity contribution in [1.29, 1.82) is 0 Å². The molecule has 1 heterocycles. The molecule has 13 nitrogen and oxygen atoms in total. The number of amides is 4. The van der Waals surface area contributed by atoms with E-state index in [4.69, 9.17) is 29.5 Å². The van der Waals surface area contributed by atoms with Crippen molar-refractivity contribution in [1.82, 2.24) is 30.9 Å². The van der Waals surface area contributed by atoms with E-state index in [0.29, 0.717) is 29.0 Å². The molecule has 0 aliphatic rings. The Morgan fingerprint density at radius 3 is 2.43 bits per heavy atom. The molecule has 194 valence electrons. The molecule has 1 atom stereocenters. The minimum Gasteiger partial charge on any atom is -0.397 e. The normalized spacial score (nSPS) is 12.1. The lowest BCUT2D eigenvalue weighted by molar-refractivity contribution is -0.131. The highest BCUT2D eigenvalue weighted by Crippen LogP contribution is 2.08. The Kier molecular flexibility index (Phi) is 13.0. The van der Waals surface area contributed by atoms with E-state index in [0.717, 1.165) is 12.8 Å². The monoisotopic (exact) mass is 509 g/mol. The minimum absolute atomic E-state index is 0.189. The van der Waals surface area contributed by atoms with Gasteiger partial charge in [0.15, 0.2) is 4.77 Å². The molecule has 0 bridgehead atoms. The lowest BCUT2D eigenvalue weighted by Crippen LogP contribution is -2.51. The lowest BCUT2D eigenvalue weighted by Gasteiger charge is -2.21. The van der Waals surface area contributed by atoms with Crippen molar-refractivity contribution in [2.45, 2.75) is 45.6 Å². The van der Waals surface area contributed by atoms with Crippen LogP contribution in [0.15, 0.2) is 18.6 Å². The molecule has 14 heteroatoms. The van der Waals surface area contributed by atoms with Crippen LogP contribution >= 0.6 is 12.2 Å². The number of nitrogens with one attached hydrogen (secondary N) is 4. The third-order valence-corrected chi connectivity index (χ3v) is 5.00. The van der Waals surface area contributed by atoms with Gasteiger partial charge in [-0.15, -0.1) is 0 Å². The van der Waals surface area contributed by atoms with Crippen LogP contribution in [0.1, 0.15) is 45.1 Å². The summed E-state index contributed by atoms with van der Waals surface area (Å²) in [6.07, 6.45) is 7.14. The topological polar surface area (TPSA) is 214 Å². The Morgan fingerprint density at radius 2 is 1.83 bits per heavy atom. The SMILES string of the molecule is CC(C)C(NC(=O)CCCCCN(N)/C=C(\N)c1cnc(=S)[nH]c1)C(=O)NCC(=O)NCC(N)=O. The number of nitrogens with zero attached hydrogens (tertiary/aromatic N) is 2. The maximum absolute atomic E-state index is 12.4. The molecular weight excluding hydrogens is 474 g/mol. The van der Waals surface area contributed by atoms with Crippen molar-refractivity contribution < 1.29 is 19.2 Å². The Morgan fingerprint density at radius 1 is 1.11 bits per heavy atom. The number of carbonyl (C=O) groups excluding carboxylic acids is 4. The molecule has 0 aromatic carbocycles. The van der Waals surface area contributed by atoms with Gasteiger partial charge in [-0.1, -0.05) is 20.3 Å². The van der Waals surface area contributed by atoms with Gasteiger partial charge >= 0.3 is 0 Å². The molecule has 0 saturated heterocycles. The van der Waals surface area contributed by atoms with Gasteiger partial charge in [0.2, 0.25) is 23.6 Å². The van der Waals surface area contributed by atoms with Crippen molar-refractivity contribution in [3.8, 4) is 0 Å². The zero-order valence-electron chi connectivity index (χ0n) is 20.0. The van der Waals surface area contributed by atoms with Crippen molar-refractivity contribution in [3.63, 3.8) is 0 Å². The summed E-state index contributed by atoms with van der Waals surface area (Å²) in [5, 5.41) is 8.89. The predicted octanol–water partition coefficient (Wildman–Crippen LogP) is -1.01. The van der Waals surface area contributed by atoms with E-state index in [9.17, 15) is 19.2 Å². The fourth-order valence-electron chi connectivity index (χ4n) is 2.88. The maximum Gasteiger partial charge on any atom is 0.243 e. The van der Waals surface area contributed by atoms with E-state index in [1.54, 1.807) is 32.4 Å². The summed E-state index contributed by atoms with van der Waals surface area (Å²) in [7, 11) is 0. The molecule has 0 fully saturated rings. The lowest BCUT2D eigenvalue weighted by atomic mass is 10.0. The summed E-state index contributed by atoms with van der Waals surface area (Å²) in [6.45, 7) is 3.46. The number of hydrazine groups is 1.